The maximum atomic E-state index is 11.0. The molecule has 0 aliphatic carbocycles. The number of halogens is 2. The zero-order valence-electron chi connectivity index (χ0n) is 13.8. The highest BCUT2D eigenvalue weighted by molar-refractivity contribution is 9.10. The molecule has 1 fully saturated rings. The Morgan fingerprint density at radius 3 is 2.50 bits per heavy atom. The van der Waals surface area contributed by atoms with Crippen LogP contribution in [0.25, 0.3) is 0 Å². The molecule has 0 bridgehead atoms. The number of rotatable bonds is 3. The van der Waals surface area contributed by atoms with Crippen LogP contribution in [0.3, 0.4) is 0 Å². The van der Waals surface area contributed by atoms with Gasteiger partial charge in [0.05, 0.1) is 10.6 Å². The predicted molar refractivity (Wildman–Crippen MR) is 113 cm³/mol. The standard InChI is InChI=1S/C18H17BrClN3O2S/c19-12-2-1-3-14(10-12)22-6-8-23(9-7-22)18(26)21-13-4-5-15(17(24)25)16(20)11-13/h1-5,10-11H,6-9H2,(H,21,26)(H,24,25). The number of hydrogen-bond acceptors (Lipinski definition) is 3. The third kappa shape index (κ3) is 4.47. The highest BCUT2D eigenvalue weighted by atomic mass is 79.9. The van der Waals surface area contributed by atoms with Crippen LogP contribution in [-0.2, 0) is 0 Å². The van der Waals surface area contributed by atoms with E-state index in [0.29, 0.717) is 10.8 Å². The third-order valence-corrected chi connectivity index (χ3v) is 5.36. The van der Waals surface area contributed by atoms with Gasteiger partial charge in [0.15, 0.2) is 5.11 Å². The van der Waals surface area contributed by atoms with Crippen LogP contribution >= 0.6 is 39.7 Å². The average Bonchev–Trinajstić information content (AvgIpc) is 2.61. The quantitative estimate of drug-likeness (QED) is 0.674. The first-order valence-electron chi connectivity index (χ1n) is 8.03. The van der Waals surface area contributed by atoms with E-state index in [1.807, 2.05) is 12.1 Å². The second-order valence-electron chi connectivity index (χ2n) is 5.88. The first-order valence-corrected chi connectivity index (χ1v) is 9.61. The number of thiocarbonyl (C=S) groups is 1. The molecule has 1 aliphatic rings. The lowest BCUT2D eigenvalue weighted by Gasteiger charge is -2.37. The van der Waals surface area contributed by atoms with E-state index in [1.54, 1.807) is 12.1 Å². The van der Waals surface area contributed by atoms with Gasteiger partial charge in [-0.15, -0.1) is 0 Å². The Kier molecular flexibility index (Phi) is 6.01. The van der Waals surface area contributed by atoms with Gasteiger partial charge in [0, 0.05) is 42.0 Å². The summed E-state index contributed by atoms with van der Waals surface area (Å²) in [4.78, 5) is 15.4. The Morgan fingerprint density at radius 1 is 1.15 bits per heavy atom. The molecule has 0 radical (unpaired) electrons. The number of hydrogen-bond donors (Lipinski definition) is 2. The van der Waals surface area contributed by atoms with Crippen LogP contribution in [0.2, 0.25) is 5.02 Å². The summed E-state index contributed by atoms with van der Waals surface area (Å²) in [5.74, 6) is -1.05. The van der Waals surface area contributed by atoms with Crippen molar-refractivity contribution in [3.8, 4) is 0 Å². The molecule has 2 N–H and O–H groups in total. The van der Waals surface area contributed by atoms with Crippen LogP contribution in [0.1, 0.15) is 10.4 Å². The van der Waals surface area contributed by atoms with Crippen molar-refractivity contribution in [3.63, 3.8) is 0 Å². The summed E-state index contributed by atoms with van der Waals surface area (Å²) in [6, 6.07) is 13.0. The highest BCUT2D eigenvalue weighted by Gasteiger charge is 2.19. The van der Waals surface area contributed by atoms with E-state index in [4.69, 9.17) is 28.9 Å². The molecule has 0 spiro atoms. The molecule has 2 aromatic carbocycles. The van der Waals surface area contributed by atoms with Crippen molar-refractivity contribution in [3.05, 3.63) is 57.5 Å². The number of nitrogens with zero attached hydrogens (tertiary/aromatic N) is 2. The number of benzene rings is 2. The maximum Gasteiger partial charge on any atom is 0.337 e. The Labute approximate surface area is 170 Å². The minimum atomic E-state index is -1.05. The van der Waals surface area contributed by atoms with Crippen molar-refractivity contribution in [2.24, 2.45) is 0 Å². The number of carboxylic acids is 1. The fraction of sp³-hybridized carbons (Fsp3) is 0.222. The molecule has 0 saturated carbocycles. The number of aromatic carboxylic acids is 1. The van der Waals surface area contributed by atoms with Crippen LogP contribution in [0.15, 0.2) is 46.9 Å². The topological polar surface area (TPSA) is 55.8 Å². The van der Waals surface area contributed by atoms with Crippen molar-refractivity contribution in [2.75, 3.05) is 36.4 Å². The largest absolute Gasteiger partial charge is 0.478 e. The van der Waals surface area contributed by atoms with E-state index < -0.39 is 5.97 Å². The predicted octanol–water partition coefficient (Wildman–Crippen LogP) is 4.32. The molecule has 0 atom stereocenters. The van der Waals surface area contributed by atoms with E-state index in [-0.39, 0.29) is 10.6 Å². The molecule has 3 rings (SSSR count). The minimum Gasteiger partial charge on any atom is -0.478 e. The fourth-order valence-corrected chi connectivity index (χ4v) is 3.76. The molecule has 1 saturated heterocycles. The highest BCUT2D eigenvalue weighted by Crippen LogP contribution is 2.23. The Balaban J connectivity index is 1.58. The van der Waals surface area contributed by atoms with Crippen molar-refractivity contribution < 1.29 is 9.90 Å². The van der Waals surface area contributed by atoms with Crippen LogP contribution < -0.4 is 10.2 Å². The number of carboxylic acid groups (broad SMARTS) is 1. The third-order valence-electron chi connectivity index (χ3n) is 4.19. The van der Waals surface area contributed by atoms with Crippen molar-refractivity contribution in [1.82, 2.24) is 4.90 Å². The molecule has 8 heteroatoms. The zero-order chi connectivity index (χ0) is 18.7. The first kappa shape index (κ1) is 18.9. The van der Waals surface area contributed by atoms with E-state index in [2.05, 4.69) is 43.2 Å². The maximum absolute atomic E-state index is 11.0. The second-order valence-corrected chi connectivity index (χ2v) is 7.59. The normalized spacial score (nSPS) is 14.2. The SMILES string of the molecule is O=C(O)c1ccc(NC(=S)N2CCN(c3cccc(Br)c3)CC2)cc1Cl. The van der Waals surface area contributed by atoms with Crippen LogP contribution in [0.5, 0.6) is 0 Å². The van der Waals surface area contributed by atoms with Gasteiger partial charge in [0.1, 0.15) is 0 Å². The second kappa shape index (κ2) is 8.24. The van der Waals surface area contributed by atoms with Gasteiger partial charge in [-0.25, -0.2) is 4.79 Å². The van der Waals surface area contributed by atoms with Gasteiger partial charge in [-0.05, 0) is 48.6 Å². The minimum absolute atomic E-state index is 0.0748. The van der Waals surface area contributed by atoms with Gasteiger partial charge in [-0.1, -0.05) is 33.6 Å². The molecule has 1 heterocycles. The number of piperazine rings is 1. The molecule has 1 aliphatic heterocycles. The van der Waals surface area contributed by atoms with Crippen molar-refractivity contribution in [2.45, 2.75) is 0 Å². The molecule has 0 unspecified atom stereocenters. The van der Waals surface area contributed by atoms with Gasteiger partial charge in [0.25, 0.3) is 0 Å². The molecule has 2 aromatic rings. The summed E-state index contributed by atoms with van der Waals surface area (Å²) >= 11 is 15.0. The van der Waals surface area contributed by atoms with Gasteiger partial charge in [0.2, 0.25) is 0 Å². The molecule has 26 heavy (non-hydrogen) atoms. The summed E-state index contributed by atoms with van der Waals surface area (Å²) in [7, 11) is 0. The summed E-state index contributed by atoms with van der Waals surface area (Å²) < 4.78 is 1.07. The summed E-state index contributed by atoms with van der Waals surface area (Å²) in [5.41, 5.74) is 1.94. The first-order chi connectivity index (χ1) is 12.4. The zero-order valence-corrected chi connectivity index (χ0v) is 16.9. The lowest BCUT2D eigenvalue weighted by Crippen LogP contribution is -2.50. The van der Waals surface area contributed by atoms with Crippen LogP contribution in [-0.4, -0.2) is 47.3 Å². The van der Waals surface area contributed by atoms with Gasteiger partial charge < -0.3 is 20.2 Å². The Morgan fingerprint density at radius 2 is 1.88 bits per heavy atom. The van der Waals surface area contributed by atoms with Crippen LogP contribution in [0, 0.1) is 0 Å². The summed E-state index contributed by atoms with van der Waals surface area (Å²) in [5, 5.41) is 13.0. The molecule has 0 amide bonds. The molecular weight excluding hydrogens is 438 g/mol. The van der Waals surface area contributed by atoms with E-state index >= 15 is 0 Å². The number of anilines is 2. The lowest BCUT2D eigenvalue weighted by atomic mass is 10.2. The van der Waals surface area contributed by atoms with Gasteiger partial charge in [-0.2, -0.15) is 0 Å². The molecule has 0 aromatic heterocycles. The summed E-state index contributed by atoms with van der Waals surface area (Å²) in [6.07, 6.45) is 0. The van der Waals surface area contributed by atoms with Gasteiger partial charge >= 0.3 is 5.97 Å². The van der Waals surface area contributed by atoms with Crippen molar-refractivity contribution in [1.29, 1.82) is 0 Å². The lowest BCUT2D eigenvalue weighted by molar-refractivity contribution is 0.0697. The van der Waals surface area contributed by atoms with E-state index in [1.165, 1.54) is 11.8 Å². The summed E-state index contributed by atoms with van der Waals surface area (Å²) in [6.45, 7) is 3.35. The van der Waals surface area contributed by atoms with E-state index in [0.717, 1.165) is 30.7 Å². The Hall–Kier alpha value is -1.83. The monoisotopic (exact) mass is 453 g/mol. The van der Waals surface area contributed by atoms with Crippen molar-refractivity contribution >= 4 is 62.2 Å². The molecule has 5 nitrogen and oxygen atoms in total. The Bertz CT molecular complexity index is 841. The molecule has 136 valence electrons. The average molecular weight is 455 g/mol. The van der Waals surface area contributed by atoms with Gasteiger partial charge in [-0.3, -0.25) is 0 Å². The fourth-order valence-electron chi connectivity index (χ4n) is 2.81. The van der Waals surface area contributed by atoms with Crippen LogP contribution in [0.4, 0.5) is 11.4 Å². The van der Waals surface area contributed by atoms with E-state index in [9.17, 15) is 4.79 Å². The molecular formula is C18H17BrClN3O2S. The smallest absolute Gasteiger partial charge is 0.337 e. The number of carbonyl (C=O) groups is 1. The number of nitrogens with one attached hydrogen (secondary N) is 1.